The first kappa shape index (κ1) is 13.4. The molecule has 4 nitrogen and oxygen atoms in total. The fourth-order valence-electron chi connectivity index (χ4n) is 0.934. The van der Waals surface area contributed by atoms with Gasteiger partial charge in [-0.15, -0.1) is 0 Å². The van der Waals surface area contributed by atoms with Crippen LogP contribution in [0, 0.1) is 5.92 Å². The van der Waals surface area contributed by atoms with E-state index in [9.17, 15) is 9.90 Å². The maximum atomic E-state index is 11.4. The second kappa shape index (κ2) is 5.32. The Kier molecular flexibility index (Phi) is 5.08. The molecule has 14 heavy (non-hydrogen) atoms. The molecule has 0 aliphatic carbocycles. The molecule has 0 aromatic carbocycles. The third-order valence-electron chi connectivity index (χ3n) is 1.78. The molecule has 0 saturated carbocycles. The van der Waals surface area contributed by atoms with E-state index in [0.717, 1.165) is 0 Å². The van der Waals surface area contributed by atoms with Gasteiger partial charge in [0.2, 0.25) is 0 Å². The molecule has 84 valence electrons. The summed E-state index contributed by atoms with van der Waals surface area (Å²) in [5, 5.41) is 18.0. The van der Waals surface area contributed by atoms with Crippen LogP contribution in [0.4, 0.5) is 0 Å². The molecule has 0 bridgehead atoms. The highest BCUT2D eigenvalue weighted by Gasteiger charge is 2.26. The van der Waals surface area contributed by atoms with Crippen molar-refractivity contribution in [3.05, 3.63) is 0 Å². The van der Waals surface area contributed by atoms with Crippen molar-refractivity contribution in [1.29, 1.82) is 0 Å². The number of hydrogen-bond donors (Lipinski definition) is 2. The van der Waals surface area contributed by atoms with Gasteiger partial charge < -0.3 is 14.9 Å². The summed E-state index contributed by atoms with van der Waals surface area (Å²) in [4.78, 5) is 11.4. The minimum absolute atomic E-state index is 0.131. The number of aliphatic hydroxyl groups excluding tert-OH is 2. The Hall–Kier alpha value is -0.610. The minimum Gasteiger partial charge on any atom is -0.460 e. The van der Waals surface area contributed by atoms with Crippen LogP contribution in [0.2, 0.25) is 0 Å². The fourth-order valence-corrected chi connectivity index (χ4v) is 0.934. The van der Waals surface area contributed by atoms with E-state index in [1.165, 1.54) is 0 Å². The number of aliphatic hydroxyl groups is 2. The van der Waals surface area contributed by atoms with Gasteiger partial charge in [-0.1, -0.05) is 0 Å². The predicted octanol–water partition coefficient (Wildman–Crippen LogP) is 0.707. The van der Waals surface area contributed by atoms with Crippen LogP contribution >= 0.6 is 0 Å². The molecular formula is C10H20O4. The Morgan fingerprint density at radius 3 is 2.29 bits per heavy atom. The van der Waals surface area contributed by atoms with Crippen molar-refractivity contribution in [3.63, 3.8) is 0 Å². The lowest BCUT2D eigenvalue weighted by Crippen LogP contribution is -2.33. The van der Waals surface area contributed by atoms with Gasteiger partial charge in [0, 0.05) is 6.61 Å². The monoisotopic (exact) mass is 204 g/mol. The van der Waals surface area contributed by atoms with Crippen molar-refractivity contribution in [2.24, 2.45) is 5.92 Å². The molecular weight excluding hydrogens is 184 g/mol. The van der Waals surface area contributed by atoms with E-state index in [2.05, 4.69) is 0 Å². The van der Waals surface area contributed by atoms with Gasteiger partial charge in [-0.3, -0.25) is 4.79 Å². The number of carbonyl (C=O) groups is 1. The predicted molar refractivity (Wildman–Crippen MR) is 52.7 cm³/mol. The summed E-state index contributed by atoms with van der Waals surface area (Å²) in [6, 6.07) is 0. The Labute approximate surface area is 84.9 Å². The third-order valence-corrected chi connectivity index (χ3v) is 1.78. The fraction of sp³-hybridized carbons (Fsp3) is 0.900. The van der Waals surface area contributed by atoms with Crippen LogP contribution in [-0.4, -0.2) is 34.5 Å². The van der Waals surface area contributed by atoms with E-state index in [-0.39, 0.29) is 13.0 Å². The quantitative estimate of drug-likeness (QED) is 0.662. The van der Waals surface area contributed by atoms with Crippen LogP contribution in [-0.2, 0) is 9.53 Å². The zero-order chi connectivity index (χ0) is 11.4. The second-order valence-corrected chi connectivity index (χ2v) is 4.40. The number of carbonyl (C=O) groups excluding carboxylic acids is 1. The molecule has 0 radical (unpaired) electrons. The second-order valence-electron chi connectivity index (χ2n) is 4.40. The molecule has 0 amide bonds. The SMILES string of the molecule is C[C@H](C(=O)OC(C)(C)C)[C@@H](O)CCO. The van der Waals surface area contributed by atoms with E-state index in [1.54, 1.807) is 27.7 Å². The van der Waals surface area contributed by atoms with Gasteiger partial charge in [-0.25, -0.2) is 0 Å². The van der Waals surface area contributed by atoms with Gasteiger partial charge in [0.05, 0.1) is 12.0 Å². The molecule has 0 spiro atoms. The first-order valence-electron chi connectivity index (χ1n) is 4.79. The summed E-state index contributed by atoms with van der Waals surface area (Å²) in [5.41, 5.74) is -0.537. The summed E-state index contributed by atoms with van der Waals surface area (Å²) < 4.78 is 5.09. The molecule has 0 unspecified atom stereocenters. The molecule has 2 atom stereocenters. The summed E-state index contributed by atoms with van der Waals surface area (Å²) in [6.45, 7) is 6.78. The Morgan fingerprint density at radius 2 is 1.93 bits per heavy atom. The van der Waals surface area contributed by atoms with Crippen molar-refractivity contribution >= 4 is 5.97 Å². The van der Waals surface area contributed by atoms with E-state index in [4.69, 9.17) is 9.84 Å². The van der Waals surface area contributed by atoms with Gasteiger partial charge in [-0.05, 0) is 34.1 Å². The smallest absolute Gasteiger partial charge is 0.311 e. The summed E-state index contributed by atoms with van der Waals surface area (Å²) in [5.74, 6) is -1.03. The zero-order valence-corrected chi connectivity index (χ0v) is 9.28. The highest BCUT2D eigenvalue weighted by Crippen LogP contribution is 2.14. The average Bonchev–Trinajstić information content (AvgIpc) is 2.00. The van der Waals surface area contributed by atoms with E-state index < -0.39 is 23.6 Å². The summed E-state index contributed by atoms with van der Waals surface area (Å²) >= 11 is 0. The lowest BCUT2D eigenvalue weighted by Gasteiger charge is -2.24. The molecule has 0 aliphatic heterocycles. The average molecular weight is 204 g/mol. The molecule has 0 aromatic heterocycles. The number of hydrogen-bond acceptors (Lipinski definition) is 4. The molecule has 4 heteroatoms. The standard InChI is InChI=1S/C10H20O4/c1-7(8(12)5-6-11)9(13)14-10(2,3)4/h7-8,11-12H,5-6H2,1-4H3/t7-,8-/m0/s1. The molecule has 2 N–H and O–H groups in total. The Morgan fingerprint density at radius 1 is 1.43 bits per heavy atom. The highest BCUT2D eigenvalue weighted by molar-refractivity contribution is 5.73. The number of rotatable bonds is 4. The lowest BCUT2D eigenvalue weighted by molar-refractivity contribution is -0.163. The van der Waals surface area contributed by atoms with Crippen LogP contribution in [0.1, 0.15) is 34.1 Å². The normalized spacial score (nSPS) is 16.1. The van der Waals surface area contributed by atoms with E-state index in [0.29, 0.717) is 0 Å². The van der Waals surface area contributed by atoms with Gasteiger partial charge in [0.1, 0.15) is 5.60 Å². The highest BCUT2D eigenvalue weighted by atomic mass is 16.6. The number of ether oxygens (including phenoxy) is 1. The first-order chi connectivity index (χ1) is 6.28. The maximum Gasteiger partial charge on any atom is 0.311 e. The van der Waals surface area contributed by atoms with Crippen molar-refractivity contribution < 1.29 is 19.7 Å². The van der Waals surface area contributed by atoms with Crippen molar-refractivity contribution in [2.75, 3.05) is 6.61 Å². The third kappa shape index (κ3) is 5.19. The van der Waals surface area contributed by atoms with Gasteiger partial charge in [0.25, 0.3) is 0 Å². The topological polar surface area (TPSA) is 66.8 Å². The van der Waals surface area contributed by atoms with Crippen LogP contribution in [0.25, 0.3) is 0 Å². The molecule has 0 saturated heterocycles. The molecule has 0 heterocycles. The summed E-state index contributed by atoms with van der Waals surface area (Å²) in [7, 11) is 0. The van der Waals surface area contributed by atoms with Gasteiger partial charge >= 0.3 is 5.97 Å². The molecule has 0 fully saturated rings. The largest absolute Gasteiger partial charge is 0.460 e. The van der Waals surface area contributed by atoms with Crippen LogP contribution in [0.5, 0.6) is 0 Å². The molecule has 0 aliphatic rings. The summed E-state index contributed by atoms with van der Waals surface area (Å²) in [6.07, 6.45) is -0.643. The zero-order valence-electron chi connectivity index (χ0n) is 9.28. The first-order valence-corrected chi connectivity index (χ1v) is 4.79. The van der Waals surface area contributed by atoms with Crippen molar-refractivity contribution in [2.45, 2.75) is 45.8 Å². The molecule has 0 aromatic rings. The van der Waals surface area contributed by atoms with Crippen molar-refractivity contribution in [1.82, 2.24) is 0 Å². The van der Waals surface area contributed by atoms with Crippen molar-refractivity contribution in [3.8, 4) is 0 Å². The van der Waals surface area contributed by atoms with Gasteiger partial charge in [0.15, 0.2) is 0 Å². The molecule has 0 rings (SSSR count). The Balaban J connectivity index is 4.12. The number of esters is 1. The minimum atomic E-state index is -0.838. The maximum absolute atomic E-state index is 11.4. The van der Waals surface area contributed by atoms with Gasteiger partial charge in [-0.2, -0.15) is 0 Å². The van der Waals surface area contributed by atoms with E-state index >= 15 is 0 Å². The van der Waals surface area contributed by atoms with Crippen LogP contribution in [0.15, 0.2) is 0 Å². The van der Waals surface area contributed by atoms with E-state index in [1.807, 2.05) is 0 Å². The van der Waals surface area contributed by atoms with Crippen LogP contribution in [0.3, 0.4) is 0 Å². The Bertz CT molecular complexity index is 183. The lowest BCUT2D eigenvalue weighted by atomic mass is 10.0. The van der Waals surface area contributed by atoms with Crippen LogP contribution < -0.4 is 0 Å².